The predicted octanol–water partition coefficient (Wildman–Crippen LogP) is 1.89. The molecule has 0 bridgehead atoms. The van der Waals surface area contributed by atoms with E-state index in [1.807, 2.05) is 27.7 Å². The van der Waals surface area contributed by atoms with Crippen molar-refractivity contribution in [1.29, 1.82) is 0 Å². The lowest BCUT2D eigenvalue weighted by Gasteiger charge is -2.11. The summed E-state index contributed by atoms with van der Waals surface area (Å²) < 4.78 is 24.6. The van der Waals surface area contributed by atoms with Gasteiger partial charge in [0.15, 0.2) is 0 Å². The second kappa shape index (κ2) is 9.31. The molecule has 0 spiro atoms. The van der Waals surface area contributed by atoms with E-state index in [0.717, 1.165) is 0 Å². The highest BCUT2D eigenvalue weighted by atomic mass is 32.2. The van der Waals surface area contributed by atoms with Crippen molar-refractivity contribution in [2.75, 3.05) is 0 Å². The minimum atomic E-state index is -3.05. The van der Waals surface area contributed by atoms with Gasteiger partial charge in [0.25, 0.3) is 0 Å². The van der Waals surface area contributed by atoms with Crippen LogP contribution in [0.3, 0.4) is 0 Å². The van der Waals surface area contributed by atoms with Crippen LogP contribution in [0.1, 0.15) is 55.4 Å². The van der Waals surface area contributed by atoms with Crippen LogP contribution in [0, 0.1) is 5.92 Å². The third-order valence-electron chi connectivity index (χ3n) is 1.98. The molecule has 0 aliphatic rings. The van der Waals surface area contributed by atoms with Crippen molar-refractivity contribution in [3.8, 4) is 0 Å². The molecule has 0 aromatic heterocycles. The van der Waals surface area contributed by atoms with E-state index in [4.69, 9.17) is 0 Å². The largest absolute Gasteiger partial charge is 0.354 e. The van der Waals surface area contributed by atoms with Gasteiger partial charge in [-0.15, -0.1) is 0 Å². The lowest BCUT2D eigenvalue weighted by atomic mass is 10.2. The molecule has 116 valence electrons. The fourth-order valence-electron chi connectivity index (χ4n) is 0.916. The van der Waals surface area contributed by atoms with E-state index < -0.39 is 10.0 Å². The zero-order valence-corrected chi connectivity index (χ0v) is 14.3. The van der Waals surface area contributed by atoms with Gasteiger partial charge in [-0.1, -0.05) is 13.8 Å². The second-order valence-corrected chi connectivity index (χ2v) is 7.95. The molecule has 0 rings (SSSR count). The minimum absolute atomic E-state index is 0.00704. The van der Waals surface area contributed by atoms with Crippen molar-refractivity contribution in [2.24, 2.45) is 5.92 Å². The molecule has 0 saturated heterocycles. The fraction of sp³-hybridized carbons (Fsp3) is 0.923. The molecule has 0 fully saturated rings. The summed E-state index contributed by atoms with van der Waals surface area (Å²) in [5.41, 5.74) is 0. The lowest BCUT2D eigenvalue weighted by molar-refractivity contribution is -0.124. The predicted molar refractivity (Wildman–Crippen MR) is 80.4 cm³/mol. The maximum absolute atomic E-state index is 11.0. The summed E-state index contributed by atoms with van der Waals surface area (Å²) in [4.78, 5) is 10.8. The molecule has 1 amide bonds. The SMILES string of the molecule is CC(C)NC(=O)C(C)C.CC(C)NS(=O)(=O)C(C)C. The zero-order chi connectivity index (χ0) is 15.8. The van der Waals surface area contributed by atoms with Gasteiger partial charge < -0.3 is 5.32 Å². The molecule has 0 atom stereocenters. The van der Waals surface area contributed by atoms with E-state index in [2.05, 4.69) is 10.0 Å². The molecule has 0 heterocycles. The zero-order valence-electron chi connectivity index (χ0n) is 13.4. The third kappa shape index (κ3) is 12.2. The van der Waals surface area contributed by atoms with Crippen LogP contribution in [0.2, 0.25) is 0 Å². The molecule has 5 nitrogen and oxygen atoms in total. The van der Waals surface area contributed by atoms with Crippen molar-refractivity contribution < 1.29 is 13.2 Å². The summed E-state index contributed by atoms with van der Waals surface area (Å²) in [6.07, 6.45) is 0. The molecule has 0 aromatic carbocycles. The summed E-state index contributed by atoms with van der Waals surface area (Å²) in [5.74, 6) is 0.234. The van der Waals surface area contributed by atoms with Crippen LogP contribution in [0.15, 0.2) is 0 Å². The molecule has 0 aliphatic heterocycles. The first-order chi connectivity index (χ1) is 8.40. The molecule has 0 unspecified atom stereocenters. The van der Waals surface area contributed by atoms with Crippen LogP contribution >= 0.6 is 0 Å². The fourth-order valence-corrected chi connectivity index (χ4v) is 1.85. The third-order valence-corrected chi connectivity index (χ3v) is 4.02. The Hall–Kier alpha value is -0.620. The summed E-state index contributed by atoms with van der Waals surface area (Å²) in [6.45, 7) is 14.6. The summed E-state index contributed by atoms with van der Waals surface area (Å²) in [6, 6.07) is 0.257. The molecule has 0 saturated carbocycles. The number of sulfonamides is 1. The Balaban J connectivity index is 0. The highest BCUT2D eigenvalue weighted by molar-refractivity contribution is 7.90. The summed E-state index contributed by atoms with van der Waals surface area (Å²) >= 11 is 0. The summed E-state index contributed by atoms with van der Waals surface area (Å²) in [7, 11) is -3.05. The van der Waals surface area contributed by atoms with E-state index in [0.29, 0.717) is 0 Å². The molecular formula is C13H30N2O3S. The average molecular weight is 294 g/mol. The van der Waals surface area contributed by atoms with Gasteiger partial charge in [-0.05, 0) is 41.5 Å². The smallest absolute Gasteiger partial charge is 0.222 e. The van der Waals surface area contributed by atoms with Gasteiger partial charge in [-0.3, -0.25) is 4.79 Å². The molecule has 0 radical (unpaired) electrons. The van der Waals surface area contributed by atoms with Crippen LogP contribution in [0.4, 0.5) is 0 Å². The highest BCUT2D eigenvalue weighted by Gasteiger charge is 2.15. The van der Waals surface area contributed by atoms with Gasteiger partial charge in [0, 0.05) is 18.0 Å². The molecule has 19 heavy (non-hydrogen) atoms. The van der Waals surface area contributed by atoms with E-state index in [-0.39, 0.29) is 29.2 Å². The van der Waals surface area contributed by atoms with Crippen molar-refractivity contribution in [3.05, 3.63) is 0 Å². The number of nitrogens with one attached hydrogen (secondary N) is 2. The van der Waals surface area contributed by atoms with Crippen LogP contribution in [0.25, 0.3) is 0 Å². The Kier molecular flexibility index (Phi) is 10.1. The van der Waals surface area contributed by atoms with Crippen LogP contribution in [0.5, 0.6) is 0 Å². The van der Waals surface area contributed by atoms with Gasteiger partial charge in [-0.25, -0.2) is 13.1 Å². The quantitative estimate of drug-likeness (QED) is 0.813. The number of hydrogen-bond donors (Lipinski definition) is 2. The molecule has 0 aliphatic carbocycles. The normalized spacial score (nSPS) is 11.8. The number of rotatable bonds is 5. The first-order valence-corrected chi connectivity index (χ1v) is 8.26. The first-order valence-electron chi connectivity index (χ1n) is 6.71. The van der Waals surface area contributed by atoms with E-state index >= 15 is 0 Å². The van der Waals surface area contributed by atoms with Crippen LogP contribution in [-0.2, 0) is 14.8 Å². The van der Waals surface area contributed by atoms with E-state index in [1.54, 1.807) is 27.7 Å². The number of amides is 1. The Morgan fingerprint density at radius 1 is 0.842 bits per heavy atom. The highest BCUT2D eigenvalue weighted by Crippen LogP contribution is 1.96. The lowest BCUT2D eigenvalue weighted by Crippen LogP contribution is -2.35. The van der Waals surface area contributed by atoms with Crippen molar-refractivity contribution in [1.82, 2.24) is 10.0 Å². The second-order valence-electron chi connectivity index (χ2n) is 5.68. The van der Waals surface area contributed by atoms with Gasteiger partial charge in [0.05, 0.1) is 5.25 Å². The maximum atomic E-state index is 11.0. The maximum Gasteiger partial charge on any atom is 0.222 e. The Labute approximate surface area is 118 Å². The molecule has 0 aromatic rings. The molecule has 6 heteroatoms. The summed E-state index contributed by atoms with van der Waals surface area (Å²) in [5, 5.41) is 2.47. The van der Waals surface area contributed by atoms with E-state index in [1.165, 1.54) is 0 Å². The van der Waals surface area contributed by atoms with Crippen molar-refractivity contribution in [2.45, 2.75) is 72.7 Å². The Morgan fingerprint density at radius 2 is 1.26 bits per heavy atom. The van der Waals surface area contributed by atoms with Crippen molar-refractivity contribution >= 4 is 15.9 Å². The molecular weight excluding hydrogens is 264 g/mol. The topological polar surface area (TPSA) is 75.3 Å². The monoisotopic (exact) mass is 294 g/mol. The molecule has 2 N–H and O–H groups in total. The minimum Gasteiger partial charge on any atom is -0.354 e. The van der Waals surface area contributed by atoms with Crippen LogP contribution in [-0.4, -0.2) is 31.7 Å². The Morgan fingerprint density at radius 3 is 1.37 bits per heavy atom. The van der Waals surface area contributed by atoms with E-state index in [9.17, 15) is 13.2 Å². The van der Waals surface area contributed by atoms with Gasteiger partial charge >= 0.3 is 0 Å². The van der Waals surface area contributed by atoms with Gasteiger partial charge in [0.2, 0.25) is 15.9 Å². The van der Waals surface area contributed by atoms with Crippen LogP contribution < -0.4 is 10.0 Å². The number of hydrogen-bond acceptors (Lipinski definition) is 3. The number of carbonyl (C=O) groups excluding carboxylic acids is 1. The van der Waals surface area contributed by atoms with Crippen molar-refractivity contribution in [3.63, 3.8) is 0 Å². The average Bonchev–Trinajstić information content (AvgIpc) is 2.14. The Bertz CT molecular complexity index is 347. The first kappa shape index (κ1) is 20.7. The number of carbonyl (C=O) groups is 1. The van der Waals surface area contributed by atoms with Gasteiger partial charge in [0.1, 0.15) is 0 Å². The standard InChI is InChI=1S/C7H15NO.C6H15NO2S/c1-5(2)7(9)8-6(3)4;1-5(2)7-10(8,9)6(3)4/h5-6H,1-4H3,(H,8,9);5-7H,1-4H3. The van der Waals surface area contributed by atoms with Gasteiger partial charge in [-0.2, -0.15) is 0 Å².